The van der Waals surface area contributed by atoms with Crippen molar-refractivity contribution in [3.63, 3.8) is 0 Å². The number of hydrogen-bond donors (Lipinski definition) is 1. The zero-order valence-corrected chi connectivity index (χ0v) is 20.5. The molecule has 9 nitrogen and oxygen atoms in total. The number of nitrogens with zero attached hydrogens (tertiary/aromatic N) is 4. The molecule has 0 spiro atoms. The van der Waals surface area contributed by atoms with Crippen LogP contribution < -0.4 is 4.72 Å². The number of carbonyl (C=O) groups is 1. The summed E-state index contributed by atoms with van der Waals surface area (Å²) in [6.45, 7) is 0. The fraction of sp³-hybridized carbons (Fsp3) is 0.208. The molecule has 1 aliphatic carbocycles. The summed E-state index contributed by atoms with van der Waals surface area (Å²) in [7, 11) is -1.11. The first-order valence-corrected chi connectivity index (χ1v) is 12.7. The second-order valence-electron chi connectivity index (χ2n) is 8.27. The molecule has 11 heteroatoms. The second kappa shape index (κ2) is 8.86. The number of aryl methyl sites for hydroxylation is 1. The minimum Gasteiger partial charge on any atom is -0.465 e. The zero-order valence-electron chi connectivity index (χ0n) is 19.0. The van der Waals surface area contributed by atoms with Gasteiger partial charge >= 0.3 is 5.97 Å². The fourth-order valence-electron chi connectivity index (χ4n) is 4.01. The molecule has 1 saturated carbocycles. The first kappa shape index (κ1) is 23.1. The molecule has 0 saturated heterocycles. The van der Waals surface area contributed by atoms with Crippen LogP contribution in [0.15, 0.2) is 66.1 Å². The summed E-state index contributed by atoms with van der Waals surface area (Å²) in [4.78, 5) is 16.4. The van der Waals surface area contributed by atoms with Gasteiger partial charge in [0.2, 0.25) is 0 Å². The Kier molecular flexibility index (Phi) is 5.86. The molecule has 0 unspecified atom stereocenters. The van der Waals surface area contributed by atoms with E-state index in [1.54, 1.807) is 53.0 Å². The predicted molar refractivity (Wildman–Crippen MR) is 131 cm³/mol. The molecule has 1 fully saturated rings. The van der Waals surface area contributed by atoms with E-state index in [1.807, 2.05) is 12.1 Å². The van der Waals surface area contributed by atoms with Crippen molar-refractivity contribution in [1.82, 2.24) is 19.3 Å². The van der Waals surface area contributed by atoms with Crippen molar-refractivity contribution < 1.29 is 17.9 Å². The van der Waals surface area contributed by atoms with Crippen LogP contribution in [-0.4, -0.2) is 40.8 Å². The van der Waals surface area contributed by atoms with Crippen molar-refractivity contribution in [2.24, 2.45) is 7.05 Å². The number of sulfonamides is 1. The number of hydrogen-bond acceptors (Lipinski definition) is 6. The molecule has 1 N–H and O–H groups in total. The van der Waals surface area contributed by atoms with E-state index in [0.29, 0.717) is 33.3 Å². The summed E-state index contributed by atoms with van der Waals surface area (Å²) in [5, 5.41) is 4.48. The summed E-state index contributed by atoms with van der Waals surface area (Å²) < 4.78 is 38.3. The van der Waals surface area contributed by atoms with Crippen LogP contribution in [0.2, 0.25) is 5.02 Å². The van der Waals surface area contributed by atoms with Gasteiger partial charge in [0.05, 0.1) is 34.0 Å². The van der Waals surface area contributed by atoms with Crippen LogP contribution in [0.5, 0.6) is 0 Å². The molecule has 0 radical (unpaired) electrons. The Balaban J connectivity index is 1.65. The topological polar surface area (TPSA) is 108 Å². The van der Waals surface area contributed by atoms with Crippen molar-refractivity contribution in [1.29, 1.82) is 0 Å². The van der Waals surface area contributed by atoms with E-state index < -0.39 is 16.0 Å². The molecule has 5 rings (SSSR count). The third-order valence-electron chi connectivity index (χ3n) is 5.91. The number of ether oxygens (including phenoxy) is 1. The Labute approximate surface area is 207 Å². The molecule has 0 amide bonds. The van der Waals surface area contributed by atoms with E-state index in [2.05, 4.69) is 14.8 Å². The quantitative estimate of drug-likeness (QED) is 0.369. The first-order valence-electron chi connectivity index (χ1n) is 10.8. The zero-order chi connectivity index (χ0) is 24.7. The molecule has 2 heterocycles. The molecule has 1 aliphatic rings. The molecule has 35 heavy (non-hydrogen) atoms. The van der Waals surface area contributed by atoms with Gasteiger partial charge < -0.3 is 9.30 Å². The Bertz CT molecular complexity index is 1530. The second-order valence-corrected chi connectivity index (χ2v) is 10.3. The third kappa shape index (κ3) is 4.42. The number of nitrogens with one attached hydrogen (secondary N) is 1. The number of benzene rings is 2. The lowest BCUT2D eigenvalue weighted by Gasteiger charge is -2.18. The van der Waals surface area contributed by atoms with Crippen molar-refractivity contribution in [2.45, 2.75) is 23.7 Å². The van der Waals surface area contributed by atoms with Crippen LogP contribution in [0.25, 0.3) is 17.1 Å². The molecular weight excluding hydrogens is 490 g/mol. The maximum Gasteiger partial charge on any atom is 0.337 e. The number of anilines is 1. The maximum absolute atomic E-state index is 13.8. The third-order valence-corrected chi connectivity index (χ3v) is 7.64. The maximum atomic E-state index is 13.8. The molecule has 0 atom stereocenters. The van der Waals surface area contributed by atoms with Crippen molar-refractivity contribution in [2.75, 3.05) is 11.8 Å². The van der Waals surface area contributed by atoms with Gasteiger partial charge in [-0.3, -0.25) is 4.72 Å². The van der Waals surface area contributed by atoms with Crippen LogP contribution in [-0.2, 0) is 21.8 Å². The average molecular weight is 512 g/mol. The van der Waals surface area contributed by atoms with E-state index in [4.69, 9.17) is 16.3 Å². The minimum atomic E-state index is -4.09. The number of methoxy groups -OCH3 is 1. The number of aromatic nitrogens is 4. The van der Waals surface area contributed by atoms with E-state index in [9.17, 15) is 13.2 Å². The molecule has 2 aromatic heterocycles. The highest BCUT2D eigenvalue weighted by Gasteiger charge is 2.32. The highest BCUT2D eigenvalue weighted by Crippen LogP contribution is 2.44. The number of esters is 1. The molecule has 0 aliphatic heterocycles. The lowest BCUT2D eigenvalue weighted by atomic mass is 10.1. The van der Waals surface area contributed by atoms with Crippen LogP contribution in [0.1, 0.15) is 34.7 Å². The Morgan fingerprint density at radius 1 is 1.17 bits per heavy atom. The lowest BCUT2D eigenvalue weighted by Crippen LogP contribution is -2.17. The van der Waals surface area contributed by atoms with Crippen molar-refractivity contribution in [3.8, 4) is 17.1 Å². The molecular formula is C24H22ClN5O4S. The van der Waals surface area contributed by atoms with Crippen molar-refractivity contribution >= 4 is 33.3 Å². The summed E-state index contributed by atoms with van der Waals surface area (Å²) in [5.41, 5.74) is 2.19. The molecule has 4 aromatic rings. The predicted octanol–water partition coefficient (Wildman–Crippen LogP) is 4.39. The summed E-state index contributed by atoms with van der Waals surface area (Å²) in [6.07, 6.45) is 6.77. The summed E-state index contributed by atoms with van der Waals surface area (Å²) in [6, 6.07) is 11.6. The molecule has 0 bridgehead atoms. The summed E-state index contributed by atoms with van der Waals surface area (Å²) in [5.74, 6) is 0.0189. The van der Waals surface area contributed by atoms with Crippen molar-refractivity contribution in [3.05, 3.63) is 77.3 Å². The Hall–Kier alpha value is -3.63. The van der Waals surface area contributed by atoms with Gasteiger partial charge in [0.15, 0.2) is 5.82 Å². The number of rotatable bonds is 7. The average Bonchev–Trinajstić information content (AvgIpc) is 3.37. The normalized spacial score (nSPS) is 13.6. The Morgan fingerprint density at radius 3 is 2.54 bits per heavy atom. The van der Waals surface area contributed by atoms with Gasteiger partial charge in [-0.2, -0.15) is 5.10 Å². The Morgan fingerprint density at radius 2 is 1.91 bits per heavy atom. The van der Waals surface area contributed by atoms with Crippen LogP contribution in [0.3, 0.4) is 0 Å². The largest absolute Gasteiger partial charge is 0.465 e. The highest BCUT2D eigenvalue weighted by atomic mass is 35.5. The minimum absolute atomic E-state index is 0.0523. The monoisotopic (exact) mass is 511 g/mol. The van der Waals surface area contributed by atoms with Gasteiger partial charge in [-0.1, -0.05) is 17.7 Å². The standard InChI is InChI=1S/C24H22ClN5O4S/c1-29-23(26-14-27-29)18-12-20(21(13-19(18)25)30-9-3-4-10-30)28-35(32,33)22-11-16(24(31)34-2)7-8-17(22)15-5-6-15/h3-4,7-15,28H,5-6H2,1-2H3. The fourth-order valence-corrected chi connectivity index (χ4v) is 5.64. The van der Waals surface area contributed by atoms with Gasteiger partial charge in [-0.05, 0) is 60.7 Å². The SMILES string of the molecule is COC(=O)c1ccc(C2CC2)c(S(=O)(=O)Nc2cc(-c3ncnn3C)c(Cl)cc2-n2cccc2)c1. The number of carbonyl (C=O) groups excluding carboxylic acids is 1. The molecule has 2 aromatic carbocycles. The van der Waals surface area contributed by atoms with Gasteiger partial charge in [0, 0.05) is 25.0 Å². The van der Waals surface area contributed by atoms with Gasteiger partial charge in [0.25, 0.3) is 10.0 Å². The molecule has 180 valence electrons. The van der Waals surface area contributed by atoms with Crippen LogP contribution in [0.4, 0.5) is 5.69 Å². The highest BCUT2D eigenvalue weighted by molar-refractivity contribution is 7.92. The van der Waals surface area contributed by atoms with E-state index in [-0.39, 0.29) is 16.4 Å². The van der Waals surface area contributed by atoms with Gasteiger partial charge in [-0.15, -0.1) is 0 Å². The lowest BCUT2D eigenvalue weighted by molar-refractivity contribution is 0.0600. The van der Waals surface area contributed by atoms with Crippen LogP contribution >= 0.6 is 11.6 Å². The van der Waals surface area contributed by atoms with E-state index in [1.165, 1.54) is 19.5 Å². The smallest absolute Gasteiger partial charge is 0.337 e. The number of halogens is 1. The summed E-state index contributed by atoms with van der Waals surface area (Å²) >= 11 is 6.59. The first-order chi connectivity index (χ1) is 16.8. The van der Waals surface area contributed by atoms with E-state index >= 15 is 0 Å². The van der Waals surface area contributed by atoms with Gasteiger partial charge in [-0.25, -0.2) is 22.9 Å². The van der Waals surface area contributed by atoms with Gasteiger partial charge in [0.1, 0.15) is 6.33 Å². The van der Waals surface area contributed by atoms with Crippen LogP contribution in [0, 0.1) is 0 Å². The van der Waals surface area contributed by atoms with E-state index in [0.717, 1.165) is 12.8 Å².